The molecule has 136 valence electrons. The first-order chi connectivity index (χ1) is 12.3. The molecule has 3 N–H and O–H groups in total. The molecule has 0 bridgehead atoms. The molecule has 0 radical (unpaired) electrons. The zero-order valence-electron chi connectivity index (χ0n) is 13.4. The topological polar surface area (TPSA) is 81.7 Å². The van der Waals surface area contributed by atoms with Gasteiger partial charge in [-0.15, -0.1) is 0 Å². The Morgan fingerprint density at radius 2 is 1.77 bits per heavy atom. The van der Waals surface area contributed by atoms with Crippen molar-refractivity contribution >= 4 is 23.5 Å². The molecule has 1 aliphatic rings. The monoisotopic (exact) mass is 365 g/mol. The number of carboxylic acid groups (broad SMARTS) is 1. The second-order valence-corrected chi connectivity index (χ2v) is 5.74. The number of nitrogens with zero attached hydrogens (tertiary/aromatic N) is 1. The maximum atomic E-state index is 13.6. The van der Waals surface area contributed by atoms with Gasteiger partial charge in [0.25, 0.3) is 0 Å². The summed E-state index contributed by atoms with van der Waals surface area (Å²) in [4.78, 5) is 24.2. The molecule has 0 saturated heterocycles. The van der Waals surface area contributed by atoms with Crippen LogP contribution >= 0.6 is 0 Å². The van der Waals surface area contributed by atoms with Crippen molar-refractivity contribution in [2.24, 2.45) is 0 Å². The highest BCUT2D eigenvalue weighted by molar-refractivity contribution is 5.99. The van der Waals surface area contributed by atoms with Gasteiger partial charge in [-0.05, 0) is 41.8 Å². The number of halogens is 3. The number of urea groups is 1. The van der Waals surface area contributed by atoms with Crippen molar-refractivity contribution in [3.8, 4) is 0 Å². The zero-order chi connectivity index (χ0) is 18.8. The Morgan fingerprint density at radius 1 is 1.00 bits per heavy atom. The molecule has 1 aliphatic heterocycles. The average molecular weight is 365 g/mol. The van der Waals surface area contributed by atoms with E-state index in [9.17, 15) is 22.8 Å². The molecule has 2 aromatic carbocycles. The second-order valence-electron chi connectivity index (χ2n) is 5.74. The van der Waals surface area contributed by atoms with Crippen LogP contribution in [0.2, 0.25) is 0 Å². The Bertz CT molecular complexity index is 889. The maximum Gasteiger partial charge on any atom is 0.407 e. The van der Waals surface area contributed by atoms with E-state index in [1.54, 1.807) is 18.2 Å². The highest BCUT2D eigenvalue weighted by Gasteiger charge is 2.20. The molecule has 0 atom stereocenters. The van der Waals surface area contributed by atoms with Crippen LogP contribution < -0.4 is 10.6 Å². The van der Waals surface area contributed by atoms with Crippen LogP contribution in [-0.2, 0) is 13.0 Å². The first kappa shape index (κ1) is 17.6. The Morgan fingerprint density at radius 3 is 2.50 bits per heavy atom. The highest BCUT2D eigenvalue weighted by Crippen LogP contribution is 2.23. The lowest BCUT2D eigenvalue weighted by Crippen LogP contribution is -2.34. The van der Waals surface area contributed by atoms with Crippen molar-refractivity contribution in [2.75, 3.05) is 17.2 Å². The number of carbonyl (C=O) groups excluding carboxylic acids is 1. The third-order valence-electron chi connectivity index (χ3n) is 4.03. The van der Waals surface area contributed by atoms with Gasteiger partial charge in [-0.3, -0.25) is 0 Å². The van der Waals surface area contributed by atoms with Gasteiger partial charge in [0, 0.05) is 18.8 Å². The van der Waals surface area contributed by atoms with Gasteiger partial charge in [0.15, 0.2) is 17.5 Å². The molecule has 0 fully saturated rings. The SMILES string of the molecule is O=C(Nc1ccc2c(c1)CCN(C(=O)O)C2)Nc1ccc(F)c(F)c1F. The fourth-order valence-corrected chi connectivity index (χ4v) is 2.70. The largest absolute Gasteiger partial charge is 0.465 e. The molecule has 0 spiro atoms. The number of benzene rings is 2. The number of carbonyl (C=O) groups is 2. The Balaban J connectivity index is 1.69. The Hall–Kier alpha value is -3.23. The van der Waals surface area contributed by atoms with E-state index in [0.717, 1.165) is 17.2 Å². The van der Waals surface area contributed by atoms with E-state index >= 15 is 0 Å². The molecule has 1 heterocycles. The smallest absolute Gasteiger partial charge is 0.407 e. The minimum absolute atomic E-state index is 0.261. The number of hydrogen-bond donors (Lipinski definition) is 3. The van der Waals surface area contributed by atoms with Gasteiger partial charge in [0.1, 0.15) is 0 Å². The van der Waals surface area contributed by atoms with Crippen LogP contribution in [-0.4, -0.2) is 28.7 Å². The lowest BCUT2D eigenvalue weighted by atomic mass is 9.99. The average Bonchev–Trinajstić information content (AvgIpc) is 2.61. The second kappa shape index (κ2) is 6.95. The maximum absolute atomic E-state index is 13.6. The van der Waals surface area contributed by atoms with Crippen LogP contribution in [0.25, 0.3) is 0 Å². The minimum atomic E-state index is -1.67. The number of rotatable bonds is 2. The number of hydrogen-bond acceptors (Lipinski definition) is 2. The van der Waals surface area contributed by atoms with Gasteiger partial charge in [-0.25, -0.2) is 22.8 Å². The van der Waals surface area contributed by atoms with Crippen molar-refractivity contribution < 1.29 is 27.9 Å². The summed E-state index contributed by atoms with van der Waals surface area (Å²) < 4.78 is 39.7. The standard InChI is InChI=1S/C17H14F3N3O3/c18-12-3-4-13(15(20)14(12)19)22-16(24)21-11-2-1-10-8-23(17(25)26)6-5-9(10)7-11/h1-4,7H,5-6,8H2,(H,25,26)(H2,21,22,24). The fraction of sp³-hybridized carbons (Fsp3) is 0.176. The molecular formula is C17H14F3N3O3. The summed E-state index contributed by atoms with van der Waals surface area (Å²) in [6.07, 6.45) is -0.498. The molecule has 0 aromatic heterocycles. The molecule has 0 saturated carbocycles. The zero-order valence-corrected chi connectivity index (χ0v) is 13.4. The first-order valence-corrected chi connectivity index (χ1v) is 7.66. The summed E-state index contributed by atoms with van der Waals surface area (Å²) >= 11 is 0. The number of nitrogens with one attached hydrogen (secondary N) is 2. The molecule has 6 nitrogen and oxygen atoms in total. The van der Waals surface area contributed by atoms with E-state index in [1.165, 1.54) is 4.90 Å². The van der Waals surface area contributed by atoms with Gasteiger partial charge >= 0.3 is 12.1 Å². The van der Waals surface area contributed by atoms with Gasteiger partial charge in [0.2, 0.25) is 0 Å². The van der Waals surface area contributed by atoms with Gasteiger partial charge in [-0.1, -0.05) is 6.07 Å². The third-order valence-corrected chi connectivity index (χ3v) is 4.03. The van der Waals surface area contributed by atoms with Crippen LogP contribution in [0.5, 0.6) is 0 Å². The third kappa shape index (κ3) is 3.56. The number of anilines is 2. The van der Waals surface area contributed by atoms with E-state index in [2.05, 4.69) is 10.6 Å². The minimum Gasteiger partial charge on any atom is -0.465 e. The summed E-state index contributed by atoms with van der Waals surface area (Å²) in [7, 11) is 0. The van der Waals surface area contributed by atoms with Crippen LogP contribution in [0.3, 0.4) is 0 Å². The lowest BCUT2D eigenvalue weighted by molar-refractivity contribution is 0.140. The van der Waals surface area contributed by atoms with E-state index < -0.39 is 35.3 Å². The van der Waals surface area contributed by atoms with Crippen molar-refractivity contribution in [1.82, 2.24) is 4.90 Å². The van der Waals surface area contributed by atoms with E-state index in [1.807, 2.05) is 0 Å². The molecular weight excluding hydrogens is 351 g/mol. The Labute approximate surface area is 146 Å². The van der Waals surface area contributed by atoms with Crippen molar-refractivity contribution in [3.05, 3.63) is 58.9 Å². The molecule has 2 aromatic rings. The predicted octanol–water partition coefficient (Wildman–Crippen LogP) is 3.78. The number of amides is 3. The van der Waals surface area contributed by atoms with E-state index in [-0.39, 0.29) is 6.54 Å². The molecule has 0 aliphatic carbocycles. The van der Waals surface area contributed by atoms with Gasteiger partial charge in [0.05, 0.1) is 5.69 Å². The quantitative estimate of drug-likeness (QED) is 0.709. The molecule has 9 heteroatoms. The predicted molar refractivity (Wildman–Crippen MR) is 87.5 cm³/mol. The Kier molecular flexibility index (Phi) is 4.70. The highest BCUT2D eigenvalue weighted by atomic mass is 19.2. The van der Waals surface area contributed by atoms with Crippen molar-refractivity contribution in [3.63, 3.8) is 0 Å². The van der Waals surface area contributed by atoms with E-state index in [4.69, 9.17) is 5.11 Å². The van der Waals surface area contributed by atoms with Crippen LogP contribution in [0.15, 0.2) is 30.3 Å². The summed E-state index contributed by atoms with van der Waals surface area (Å²) in [5, 5.41) is 13.6. The normalized spacial score (nSPS) is 13.1. The van der Waals surface area contributed by atoms with Crippen LogP contribution in [0.1, 0.15) is 11.1 Å². The summed E-state index contributed by atoms with van der Waals surface area (Å²) in [6, 6.07) is 5.76. The van der Waals surface area contributed by atoms with Crippen molar-refractivity contribution in [1.29, 1.82) is 0 Å². The lowest BCUT2D eigenvalue weighted by Gasteiger charge is -2.26. The van der Waals surface area contributed by atoms with Gasteiger partial charge in [-0.2, -0.15) is 0 Å². The van der Waals surface area contributed by atoms with Crippen LogP contribution in [0.4, 0.5) is 34.1 Å². The molecule has 3 rings (SSSR count). The summed E-state index contributed by atoms with van der Waals surface area (Å²) in [5.41, 5.74) is 1.64. The number of fused-ring (bicyclic) bond motifs is 1. The summed E-state index contributed by atoms with van der Waals surface area (Å²) in [5.74, 6) is -4.50. The van der Waals surface area contributed by atoms with Gasteiger partial charge < -0.3 is 20.6 Å². The van der Waals surface area contributed by atoms with Crippen molar-refractivity contribution in [2.45, 2.75) is 13.0 Å². The molecule has 3 amide bonds. The fourth-order valence-electron chi connectivity index (χ4n) is 2.70. The van der Waals surface area contributed by atoms with Crippen LogP contribution in [0, 0.1) is 17.5 Å². The molecule has 26 heavy (non-hydrogen) atoms. The summed E-state index contributed by atoms with van der Waals surface area (Å²) in [6.45, 7) is 0.606. The van der Waals surface area contributed by atoms with E-state index in [0.29, 0.717) is 24.7 Å². The molecule has 0 unspecified atom stereocenters. The first-order valence-electron chi connectivity index (χ1n) is 7.66.